The molecular formula is C19H29BN4O2. The van der Waals surface area contributed by atoms with Crippen molar-refractivity contribution >= 4 is 24.2 Å². The molecule has 0 spiro atoms. The quantitative estimate of drug-likeness (QED) is 0.857. The Balaban J connectivity index is 1.61. The largest absolute Gasteiger partial charge is 0.514 e. The van der Waals surface area contributed by atoms with Gasteiger partial charge >= 0.3 is 7.12 Å². The molecule has 3 heterocycles. The van der Waals surface area contributed by atoms with Crippen molar-refractivity contribution in [2.75, 3.05) is 5.32 Å². The van der Waals surface area contributed by atoms with E-state index >= 15 is 0 Å². The fraction of sp³-hybridized carbons (Fsp3) is 0.684. The third-order valence-electron chi connectivity index (χ3n) is 6.35. The van der Waals surface area contributed by atoms with Gasteiger partial charge in [-0.25, -0.2) is 9.50 Å². The van der Waals surface area contributed by atoms with Crippen LogP contribution in [-0.2, 0) is 9.31 Å². The van der Waals surface area contributed by atoms with Crippen LogP contribution in [-0.4, -0.2) is 39.0 Å². The van der Waals surface area contributed by atoms with Gasteiger partial charge in [-0.1, -0.05) is 19.8 Å². The summed E-state index contributed by atoms with van der Waals surface area (Å²) in [6, 6.07) is 4.46. The molecule has 2 aromatic rings. The average Bonchev–Trinajstić information content (AvgIpc) is 3.07. The lowest BCUT2D eigenvalue weighted by Gasteiger charge is -2.32. The molecule has 140 valence electrons. The Labute approximate surface area is 155 Å². The number of rotatable bonds is 3. The van der Waals surface area contributed by atoms with E-state index < -0.39 is 7.12 Å². The summed E-state index contributed by atoms with van der Waals surface area (Å²) in [6.07, 6.45) is 6.90. The van der Waals surface area contributed by atoms with Crippen molar-refractivity contribution in [1.82, 2.24) is 14.6 Å². The molecular weight excluding hydrogens is 327 g/mol. The fourth-order valence-corrected chi connectivity index (χ4v) is 3.83. The summed E-state index contributed by atoms with van der Waals surface area (Å²) in [5, 5.41) is 8.28. The van der Waals surface area contributed by atoms with E-state index in [4.69, 9.17) is 14.4 Å². The van der Waals surface area contributed by atoms with E-state index in [1.165, 1.54) is 25.7 Å². The highest BCUT2D eigenvalue weighted by atomic mass is 16.7. The predicted molar refractivity (Wildman–Crippen MR) is 104 cm³/mol. The molecule has 0 bridgehead atoms. The third-order valence-corrected chi connectivity index (χ3v) is 6.35. The van der Waals surface area contributed by atoms with Gasteiger partial charge < -0.3 is 14.6 Å². The Hall–Kier alpha value is -1.60. The zero-order chi connectivity index (χ0) is 18.5. The molecule has 2 aliphatic rings. The van der Waals surface area contributed by atoms with Gasteiger partial charge in [0, 0.05) is 6.04 Å². The lowest BCUT2D eigenvalue weighted by atomic mass is 9.85. The predicted octanol–water partition coefficient (Wildman–Crippen LogP) is 3.02. The molecule has 0 amide bonds. The average molecular weight is 356 g/mol. The second-order valence-electron chi connectivity index (χ2n) is 8.78. The van der Waals surface area contributed by atoms with Gasteiger partial charge in [-0.2, -0.15) is 0 Å². The van der Waals surface area contributed by atoms with Gasteiger partial charge in [-0.05, 0) is 58.6 Å². The maximum atomic E-state index is 6.20. The molecule has 7 heteroatoms. The SMILES string of the molecule is C[C@H]1CCCC[C@H]1Nc1ncc2ccc(B3OC(C)(C)C(C)(C)O3)n2n1. The first-order valence-electron chi connectivity index (χ1n) is 9.74. The van der Waals surface area contributed by atoms with Gasteiger partial charge in [0.05, 0.1) is 28.5 Å². The van der Waals surface area contributed by atoms with Crippen molar-refractivity contribution in [3.8, 4) is 0 Å². The highest BCUT2D eigenvalue weighted by Gasteiger charge is 2.52. The van der Waals surface area contributed by atoms with Gasteiger partial charge in [0.25, 0.3) is 0 Å². The standard InChI is InChI=1S/C19H29BN4O2/c1-13-8-6-7-9-15(13)22-17-21-12-14-10-11-16(24(14)23-17)20-25-18(2,3)19(4,5)26-20/h10-13,15H,6-9H2,1-5H3,(H,22,23)/t13-,15+/m0/s1. The molecule has 0 unspecified atom stereocenters. The van der Waals surface area contributed by atoms with Crippen molar-refractivity contribution in [1.29, 1.82) is 0 Å². The third kappa shape index (κ3) is 3.01. The van der Waals surface area contributed by atoms with Crippen LogP contribution in [0, 0.1) is 5.92 Å². The Morgan fingerprint density at radius 2 is 1.81 bits per heavy atom. The van der Waals surface area contributed by atoms with Crippen LogP contribution in [0.15, 0.2) is 18.3 Å². The molecule has 6 nitrogen and oxygen atoms in total. The van der Waals surface area contributed by atoms with Gasteiger partial charge in [-0.3, -0.25) is 0 Å². The van der Waals surface area contributed by atoms with Crippen LogP contribution < -0.4 is 10.9 Å². The van der Waals surface area contributed by atoms with Crippen LogP contribution in [0.3, 0.4) is 0 Å². The van der Waals surface area contributed by atoms with Crippen molar-refractivity contribution < 1.29 is 9.31 Å². The van der Waals surface area contributed by atoms with E-state index in [2.05, 4.69) is 44.9 Å². The number of anilines is 1. The minimum atomic E-state index is -0.432. The zero-order valence-electron chi connectivity index (χ0n) is 16.5. The van der Waals surface area contributed by atoms with Crippen LogP contribution >= 0.6 is 0 Å². The monoisotopic (exact) mass is 356 g/mol. The van der Waals surface area contributed by atoms with E-state index in [0.29, 0.717) is 17.9 Å². The molecule has 2 fully saturated rings. The lowest BCUT2D eigenvalue weighted by molar-refractivity contribution is 0.00578. The highest BCUT2D eigenvalue weighted by molar-refractivity contribution is 6.61. The van der Waals surface area contributed by atoms with E-state index in [9.17, 15) is 0 Å². The molecule has 1 saturated heterocycles. The normalized spacial score (nSPS) is 27.8. The number of aromatic nitrogens is 3. The number of nitrogens with one attached hydrogen (secondary N) is 1. The van der Waals surface area contributed by atoms with Crippen molar-refractivity contribution in [3.63, 3.8) is 0 Å². The smallest absolute Gasteiger partial charge is 0.398 e. The summed E-state index contributed by atoms with van der Waals surface area (Å²) in [7, 11) is -0.432. The molecule has 0 radical (unpaired) electrons. The van der Waals surface area contributed by atoms with Crippen molar-refractivity contribution in [2.45, 2.75) is 77.5 Å². The molecule has 1 saturated carbocycles. The summed E-state index contributed by atoms with van der Waals surface area (Å²) in [6.45, 7) is 10.6. The fourth-order valence-electron chi connectivity index (χ4n) is 3.83. The van der Waals surface area contributed by atoms with Gasteiger partial charge in [-0.15, -0.1) is 5.10 Å². The molecule has 4 rings (SSSR count). The Bertz CT molecular complexity index is 788. The minimum Gasteiger partial charge on any atom is -0.398 e. The molecule has 1 aliphatic heterocycles. The van der Waals surface area contributed by atoms with E-state index in [-0.39, 0.29) is 11.2 Å². The molecule has 1 N–H and O–H groups in total. The number of fused-ring (bicyclic) bond motifs is 1. The number of hydrogen-bond acceptors (Lipinski definition) is 5. The van der Waals surface area contributed by atoms with Crippen molar-refractivity contribution in [3.05, 3.63) is 18.3 Å². The molecule has 2 atom stereocenters. The van der Waals surface area contributed by atoms with E-state index in [0.717, 1.165) is 11.1 Å². The first kappa shape index (κ1) is 17.8. The van der Waals surface area contributed by atoms with Gasteiger partial charge in [0.15, 0.2) is 0 Å². The molecule has 1 aliphatic carbocycles. The summed E-state index contributed by atoms with van der Waals surface area (Å²) >= 11 is 0. The van der Waals surface area contributed by atoms with Crippen LogP contribution in [0.25, 0.3) is 5.52 Å². The summed E-state index contributed by atoms with van der Waals surface area (Å²) in [4.78, 5) is 4.51. The molecule has 0 aromatic carbocycles. The van der Waals surface area contributed by atoms with Gasteiger partial charge in [0.2, 0.25) is 5.95 Å². The first-order chi connectivity index (χ1) is 12.3. The number of nitrogens with zero attached hydrogens (tertiary/aromatic N) is 3. The second kappa shape index (κ2) is 6.24. The summed E-state index contributed by atoms with van der Waals surface area (Å²) in [5.41, 5.74) is 1.11. The van der Waals surface area contributed by atoms with E-state index in [1.54, 1.807) is 0 Å². The Morgan fingerprint density at radius 1 is 1.12 bits per heavy atom. The maximum Gasteiger partial charge on any atom is 0.514 e. The minimum absolute atomic E-state index is 0.368. The lowest BCUT2D eigenvalue weighted by Crippen LogP contribution is -2.41. The summed E-state index contributed by atoms with van der Waals surface area (Å²) < 4.78 is 14.3. The number of hydrogen-bond donors (Lipinski definition) is 1. The maximum absolute atomic E-state index is 6.20. The summed E-state index contributed by atoms with van der Waals surface area (Å²) in [5.74, 6) is 1.32. The topological polar surface area (TPSA) is 60.7 Å². The Morgan fingerprint density at radius 3 is 2.50 bits per heavy atom. The molecule has 26 heavy (non-hydrogen) atoms. The zero-order valence-corrected chi connectivity index (χ0v) is 16.5. The van der Waals surface area contributed by atoms with Gasteiger partial charge in [0.1, 0.15) is 0 Å². The van der Waals surface area contributed by atoms with Crippen LogP contribution in [0.5, 0.6) is 0 Å². The van der Waals surface area contributed by atoms with E-state index in [1.807, 2.05) is 22.8 Å². The van der Waals surface area contributed by atoms with Crippen molar-refractivity contribution in [2.24, 2.45) is 5.92 Å². The highest BCUT2D eigenvalue weighted by Crippen LogP contribution is 2.36. The van der Waals surface area contributed by atoms with Crippen LogP contribution in [0.4, 0.5) is 5.95 Å². The Kier molecular flexibility index (Phi) is 4.27. The molecule has 2 aromatic heterocycles. The van der Waals surface area contributed by atoms with Crippen LogP contribution in [0.1, 0.15) is 60.3 Å². The first-order valence-corrected chi connectivity index (χ1v) is 9.74. The second-order valence-corrected chi connectivity index (χ2v) is 8.78. The van der Waals surface area contributed by atoms with Crippen LogP contribution in [0.2, 0.25) is 0 Å².